The first-order valence-corrected chi connectivity index (χ1v) is 12.9. The molecule has 0 radical (unpaired) electrons. The lowest BCUT2D eigenvalue weighted by Crippen LogP contribution is -2.53. The Kier molecular flexibility index (Phi) is 6.56. The van der Waals surface area contributed by atoms with Gasteiger partial charge in [0, 0.05) is 44.1 Å². The van der Waals surface area contributed by atoms with Crippen LogP contribution in [0.4, 0.5) is 8.78 Å². The van der Waals surface area contributed by atoms with Gasteiger partial charge in [-0.1, -0.05) is 36.4 Å². The van der Waals surface area contributed by atoms with Crippen LogP contribution in [0.1, 0.15) is 29.9 Å². The fraction of sp³-hybridized carbons (Fsp3) is 0.385. The summed E-state index contributed by atoms with van der Waals surface area (Å²) in [5, 5.41) is 2.42. The topological polar surface area (TPSA) is 38.8 Å². The lowest BCUT2D eigenvalue weighted by Gasteiger charge is -2.39. The van der Waals surface area contributed by atoms with Gasteiger partial charge < -0.3 is 9.29 Å². The fourth-order valence-electron chi connectivity index (χ4n) is 4.86. The van der Waals surface area contributed by atoms with Gasteiger partial charge in [-0.15, -0.1) is 4.31 Å². The zero-order valence-electron chi connectivity index (χ0n) is 18.7. The molecule has 33 heavy (non-hydrogen) atoms. The van der Waals surface area contributed by atoms with Crippen LogP contribution in [0.3, 0.4) is 0 Å². The highest BCUT2D eigenvalue weighted by molar-refractivity contribution is 7.88. The van der Waals surface area contributed by atoms with E-state index >= 15 is 0 Å². The van der Waals surface area contributed by atoms with Crippen molar-refractivity contribution in [3.63, 3.8) is 0 Å². The normalized spacial score (nSPS) is 19.5. The fourth-order valence-corrected chi connectivity index (χ4v) is 5.59. The van der Waals surface area contributed by atoms with Gasteiger partial charge in [-0.2, -0.15) is 0 Å². The Morgan fingerprint density at radius 3 is 2.30 bits per heavy atom. The van der Waals surface area contributed by atoms with E-state index in [1.165, 1.54) is 28.5 Å². The highest BCUT2D eigenvalue weighted by atomic mass is 32.2. The number of likely N-dealkylation sites (tertiary alicyclic amines) is 1. The molecule has 2 heterocycles. The van der Waals surface area contributed by atoms with Crippen molar-refractivity contribution in [2.24, 2.45) is 0 Å². The van der Waals surface area contributed by atoms with Gasteiger partial charge in [0.1, 0.15) is 12.4 Å². The minimum atomic E-state index is -0.999. The molecule has 0 aliphatic carbocycles. The molecule has 3 aromatic rings. The van der Waals surface area contributed by atoms with Crippen molar-refractivity contribution in [1.29, 1.82) is 0 Å². The smallest absolute Gasteiger partial charge is 0.191 e. The van der Waals surface area contributed by atoms with Crippen molar-refractivity contribution in [1.82, 2.24) is 9.21 Å². The molecule has 0 aromatic heterocycles. The molecule has 7 heteroatoms. The maximum atomic E-state index is 14.7. The molecule has 2 fully saturated rings. The third-order valence-electron chi connectivity index (χ3n) is 6.74. The molecule has 3 aromatic carbocycles. The number of nitrogens with zero attached hydrogens (tertiary/aromatic N) is 2. The van der Waals surface area contributed by atoms with Crippen LogP contribution >= 0.6 is 0 Å². The summed E-state index contributed by atoms with van der Waals surface area (Å²) in [6.07, 6.45) is 2.92. The van der Waals surface area contributed by atoms with E-state index in [2.05, 4.69) is 35.2 Å². The molecule has 5 rings (SSSR count). The van der Waals surface area contributed by atoms with Crippen LogP contribution in [0, 0.1) is 11.6 Å². The van der Waals surface area contributed by atoms with E-state index in [1.54, 1.807) is 6.26 Å². The summed E-state index contributed by atoms with van der Waals surface area (Å²) < 4.78 is 48.7. The van der Waals surface area contributed by atoms with E-state index in [0.29, 0.717) is 31.7 Å². The third kappa shape index (κ3) is 5.01. The first-order valence-electron chi connectivity index (χ1n) is 11.4. The summed E-state index contributed by atoms with van der Waals surface area (Å²) in [5.74, 6) is -1.48. The number of halogens is 2. The zero-order valence-corrected chi connectivity index (χ0v) is 19.5. The van der Waals surface area contributed by atoms with Crippen LogP contribution in [0.15, 0.2) is 54.6 Å². The quantitative estimate of drug-likeness (QED) is 0.483. The van der Waals surface area contributed by atoms with Crippen LogP contribution in [0.5, 0.6) is 5.75 Å². The number of piperidine rings is 1. The summed E-state index contributed by atoms with van der Waals surface area (Å²) in [7, 11) is 0. The predicted octanol–water partition coefficient (Wildman–Crippen LogP) is 4.85. The summed E-state index contributed by atoms with van der Waals surface area (Å²) in [4.78, 5) is 2.21. The molecule has 4 nitrogen and oxygen atoms in total. The lowest BCUT2D eigenvalue weighted by atomic mass is 9.90. The predicted molar refractivity (Wildman–Crippen MR) is 128 cm³/mol. The zero-order chi connectivity index (χ0) is 22.9. The highest BCUT2D eigenvalue weighted by Gasteiger charge is 2.31. The van der Waals surface area contributed by atoms with Crippen LogP contribution in [0.2, 0.25) is 0 Å². The van der Waals surface area contributed by atoms with Gasteiger partial charge in [0.05, 0.1) is 0 Å². The molecular weight excluding hydrogens is 442 g/mol. The Morgan fingerprint density at radius 1 is 0.970 bits per heavy atom. The number of rotatable bonds is 6. The SMILES string of the molecule is C[S+]([O-])N1CCC(c2cc(F)c(OC3CN(Cc4ccc5ccccc5c4)C3)c(F)c2)CC1. The van der Waals surface area contributed by atoms with Crippen LogP contribution in [-0.2, 0) is 17.9 Å². The van der Waals surface area contributed by atoms with Crippen LogP contribution in [-0.4, -0.2) is 52.3 Å². The summed E-state index contributed by atoms with van der Waals surface area (Å²) >= 11 is -0.999. The molecule has 0 saturated carbocycles. The molecule has 0 amide bonds. The maximum absolute atomic E-state index is 14.7. The molecule has 0 bridgehead atoms. The number of fused-ring (bicyclic) bond motifs is 1. The van der Waals surface area contributed by atoms with Gasteiger partial charge in [-0.3, -0.25) is 4.90 Å². The van der Waals surface area contributed by atoms with E-state index in [0.717, 1.165) is 19.4 Å². The maximum Gasteiger partial charge on any atom is 0.191 e. The van der Waals surface area contributed by atoms with Crippen LogP contribution in [0.25, 0.3) is 10.8 Å². The number of hydrogen-bond acceptors (Lipinski definition) is 4. The second-order valence-electron chi connectivity index (χ2n) is 9.06. The second-order valence-corrected chi connectivity index (χ2v) is 10.4. The molecule has 174 valence electrons. The molecule has 2 saturated heterocycles. The van der Waals surface area contributed by atoms with Gasteiger partial charge in [0.2, 0.25) is 0 Å². The highest BCUT2D eigenvalue weighted by Crippen LogP contribution is 2.34. The van der Waals surface area contributed by atoms with Gasteiger partial charge in [-0.25, -0.2) is 8.78 Å². The first-order chi connectivity index (χ1) is 16.0. The average Bonchev–Trinajstić information content (AvgIpc) is 2.79. The minimum absolute atomic E-state index is 0.0731. The van der Waals surface area contributed by atoms with Gasteiger partial charge in [0.25, 0.3) is 0 Å². The number of hydrogen-bond donors (Lipinski definition) is 0. The Bertz CT molecular complexity index is 1110. The number of ether oxygens (including phenoxy) is 1. The molecular formula is C26H28F2N2O2S. The molecule has 0 spiro atoms. The van der Waals surface area contributed by atoms with Gasteiger partial charge in [-0.05, 0) is 58.9 Å². The number of benzene rings is 3. The standard InChI is InChI=1S/C26H28F2N2O2S/c1-33(31)30-10-8-20(9-11-30)22-13-24(27)26(25(28)14-22)32-23-16-29(17-23)15-18-6-7-19-4-2-3-5-21(19)12-18/h2-7,12-14,20,23H,8-11,15-17H2,1H3. The molecule has 2 aliphatic heterocycles. The summed E-state index contributed by atoms with van der Waals surface area (Å²) in [6.45, 7) is 3.41. The van der Waals surface area contributed by atoms with Crippen molar-refractivity contribution >= 4 is 22.1 Å². The summed E-state index contributed by atoms with van der Waals surface area (Å²) in [6, 6.07) is 17.5. The first kappa shape index (κ1) is 22.6. The second kappa shape index (κ2) is 9.58. The van der Waals surface area contributed by atoms with Crippen molar-refractivity contribution in [2.75, 3.05) is 32.4 Å². The van der Waals surface area contributed by atoms with Crippen LogP contribution < -0.4 is 4.74 Å². The molecule has 1 unspecified atom stereocenters. The largest absolute Gasteiger partial charge is 0.598 e. The molecule has 2 aliphatic rings. The molecule has 1 atom stereocenters. The molecule has 0 N–H and O–H groups in total. The van der Waals surface area contributed by atoms with Crippen molar-refractivity contribution in [2.45, 2.75) is 31.4 Å². The van der Waals surface area contributed by atoms with Crippen molar-refractivity contribution in [3.8, 4) is 5.75 Å². The summed E-state index contributed by atoms with van der Waals surface area (Å²) in [5.41, 5.74) is 1.87. The van der Waals surface area contributed by atoms with E-state index < -0.39 is 23.0 Å². The lowest BCUT2D eigenvalue weighted by molar-refractivity contribution is 0.00990. The van der Waals surface area contributed by atoms with E-state index in [9.17, 15) is 13.3 Å². The van der Waals surface area contributed by atoms with E-state index in [-0.39, 0.29) is 17.8 Å². The monoisotopic (exact) mass is 470 g/mol. The van der Waals surface area contributed by atoms with Gasteiger partial charge in [0.15, 0.2) is 17.4 Å². The van der Waals surface area contributed by atoms with Crippen molar-refractivity contribution < 1.29 is 18.1 Å². The minimum Gasteiger partial charge on any atom is -0.598 e. The third-order valence-corrected chi connectivity index (χ3v) is 7.83. The Labute approximate surface area is 196 Å². The van der Waals surface area contributed by atoms with Gasteiger partial charge >= 0.3 is 0 Å². The Balaban J connectivity index is 1.17. The van der Waals surface area contributed by atoms with E-state index in [1.807, 2.05) is 16.4 Å². The van der Waals surface area contributed by atoms with Crippen molar-refractivity contribution in [3.05, 3.63) is 77.4 Å². The Morgan fingerprint density at radius 2 is 1.64 bits per heavy atom. The Hall–Kier alpha value is -2.19. The average molecular weight is 471 g/mol. The van der Waals surface area contributed by atoms with E-state index in [4.69, 9.17) is 4.74 Å².